The molecule has 0 saturated heterocycles. The van der Waals surface area contributed by atoms with Crippen LogP contribution in [0.5, 0.6) is 0 Å². The molecular formula is C10H25NO2Si. The zero-order valence-corrected chi connectivity index (χ0v) is 11.3. The summed E-state index contributed by atoms with van der Waals surface area (Å²) in [4.78, 5) is 0. The van der Waals surface area contributed by atoms with Gasteiger partial charge in [0.05, 0.1) is 0 Å². The minimum absolute atomic E-state index is 0.245. The second-order valence-electron chi connectivity index (χ2n) is 4.72. The van der Waals surface area contributed by atoms with E-state index in [1.54, 1.807) is 14.2 Å². The Morgan fingerprint density at radius 3 is 2.14 bits per heavy atom. The highest BCUT2D eigenvalue weighted by Crippen LogP contribution is 2.27. The topological polar surface area (TPSA) is 44.5 Å². The van der Waals surface area contributed by atoms with Crippen LogP contribution >= 0.6 is 0 Å². The van der Waals surface area contributed by atoms with Gasteiger partial charge in [-0.3, -0.25) is 0 Å². The molecule has 0 aromatic carbocycles. The van der Waals surface area contributed by atoms with Crippen LogP contribution in [0, 0.1) is 5.41 Å². The molecule has 1 unspecified atom stereocenters. The van der Waals surface area contributed by atoms with E-state index >= 15 is 0 Å². The van der Waals surface area contributed by atoms with Gasteiger partial charge in [-0.2, -0.15) is 0 Å². The van der Waals surface area contributed by atoms with Crippen molar-refractivity contribution >= 4 is 9.28 Å². The average Bonchev–Trinajstić information content (AvgIpc) is 2.17. The molecular weight excluding hydrogens is 194 g/mol. The molecule has 0 aromatic rings. The first-order valence-electron chi connectivity index (χ1n) is 5.22. The predicted octanol–water partition coefficient (Wildman–Crippen LogP) is 1.65. The Morgan fingerprint density at radius 2 is 1.79 bits per heavy atom. The maximum absolute atomic E-state index is 5.68. The maximum atomic E-state index is 5.68. The molecule has 0 aliphatic heterocycles. The minimum Gasteiger partial charge on any atom is -0.400 e. The average molecular weight is 219 g/mol. The van der Waals surface area contributed by atoms with Gasteiger partial charge in [-0.1, -0.05) is 20.8 Å². The van der Waals surface area contributed by atoms with Gasteiger partial charge in [0.1, 0.15) is 0 Å². The third-order valence-corrected chi connectivity index (χ3v) is 4.95. The summed E-state index contributed by atoms with van der Waals surface area (Å²) in [5.74, 6) is 0. The van der Waals surface area contributed by atoms with Crippen LogP contribution in [0.1, 0.15) is 33.6 Å². The van der Waals surface area contributed by atoms with Gasteiger partial charge in [0.15, 0.2) is 0 Å². The molecule has 0 aliphatic rings. The molecule has 1 atom stereocenters. The van der Waals surface area contributed by atoms with Gasteiger partial charge >= 0.3 is 9.28 Å². The van der Waals surface area contributed by atoms with Gasteiger partial charge in [0.25, 0.3) is 0 Å². The fourth-order valence-corrected chi connectivity index (χ4v) is 2.98. The molecule has 0 bridgehead atoms. The Kier molecular flexibility index (Phi) is 6.60. The van der Waals surface area contributed by atoms with E-state index in [0.29, 0.717) is 5.54 Å². The second kappa shape index (κ2) is 6.56. The van der Waals surface area contributed by atoms with E-state index in [0.717, 1.165) is 19.4 Å². The Balaban J connectivity index is 3.88. The summed E-state index contributed by atoms with van der Waals surface area (Å²) in [5.41, 5.74) is 6.48. The zero-order chi connectivity index (χ0) is 11.2. The molecule has 0 saturated carbocycles. The van der Waals surface area contributed by atoms with Crippen LogP contribution in [0.2, 0.25) is 5.54 Å². The van der Waals surface area contributed by atoms with Crippen molar-refractivity contribution in [3.8, 4) is 0 Å². The Bertz CT molecular complexity index is 149. The third kappa shape index (κ3) is 5.10. The monoisotopic (exact) mass is 219 g/mol. The molecule has 14 heavy (non-hydrogen) atoms. The molecule has 0 spiro atoms. The molecule has 0 rings (SSSR count). The molecule has 0 heterocycles. The van der Waals surface area contributed by atoms with Gasteiger partial charge in [-0.25, -0.2) is 0 Å². The Hall–Kier alpha value is 0.0969. The Labute approximate surface area is 89.8 Å². The Morgan fingerprint density at radius 1 is 1.29 bits per heavy atom. The summed E-state index contributed by atoms with van der Waals surface area (Å²) in [6, 6.07) is 0. The standard InChI is InChI=1S/C10H25NO2Si/c1-9(14(12-4)13-5)6-7-10(2,3)8-11/h9,14H,6-8,11H2,1-5H3. The first kappa shape index (κ1) is 14.1. The number of rotatable bonds is 7. The highest BCUT2D eigenvalue weighted by molar-refractivity contribution is 6.46. The molecule has 0 radical (unpaired) electrons. The van der Waals surface area contributed by atoms with Crippen LogP contribution in [-0.4, -0.2) is 30.0 Å². The first-order valence-corrected chi connectivity index (χ1v) is 6.83. The zero-order valence-electron chi connectivity index (χ0n) is 10.2. The van der Waals surface area contributed by atoms with Crippen molar-refractivity contribution in [2.24, 2.45) is 11.1 Å². The first-order chi connectivity index (χ1) is 6.46. The molecule has 4 heteroatoms. The highest BCUT2D eigenvalue weighted by Gasteiger charge is 2.23. The van der Waals surface area contributed by atoms with Crippen LogP contribution in [0.25, 0.3) is 0 Å². The summed E-state index contributed by atoms with van der Waals surface area (Å²) in [6.07, 6.45) is 2.28. The lowest BCUT2D eigenvalue weighted by Crippen LogP contribution is -2.28. The summed E-state index contributed by atoms with van der Waals surface area (Å²) >= 11 is 0. The van der Waals surface area contributed by atoms with Crippen LogP contribution < -0.4 is 5.73 Å². The number of nitrogens with two attached hydrogens (primary N) is 1. The predicted molar refractivity (Wildman–Crippen MR) is 62.7 cm³/mol. The lowest BCUT2D eigenvalue weighted by molar-refractivity contribution is 0.256. The minimum atomic E-state index is -1.43. The maximum Gasteiger partial charge on any atom is 0.323 e. The van der Waals surface area contributed by atoms with E-state index in [-0.39, 0.29) is 5.41 Å². The summed E-state index contributed by atoms with van der Waals surface area (Å²) in [6.45, 7) is 7.36. The third-order valence-electron chi connectivity index (χ3n) is 2.76. The van der Waals surface area contributed by atoms with E-state index in [1.807, 2.05) is 0 Å². The fourth-order valence-electron chi connectivity index (χ4n) is 1.42. The van der Waals surface area contributed by atoms with Gasteiger partial charge < -0.3 is 14.6 Å². The number of hydrogen-bond acceptors (Lipinski definition) is 3. The SMILES string of the molecule is CO[SiH](OC)C(C)CCC(C)(C)CN. The molecule has 86 valence electrons. The fraction of sp³-hybridized carbons (Fsp3) is 1.00. The van der Waals surface area contributed by atoms with Crippen LogP contribution in [0.15, 0.2) is 0 Å². The van der Waals surface area contributed by atoms with Crippen LogP contribution in [-0.2, 0) is 8.85 Å². The summed E-state index contributed by atoms with van der Waals surface area (Å²) in [7, 11) is 2.05. The van der Waals surface area contributed by atoms with Gasteiger partial charge in [0.2, 0.25) is 0 Å². The highest BCUT2D eigenvalue weighted by atomic mass is 28.3. The van der Waals surface area contributed by atoms with Crippen molar-refractivity contribution in [3.05, 3.63) is 0 Å². The lowest BCUT2D eigenvalue weighted by Gasteiger charge is -2.26. The largest absolute Gasteiger partial charge is 0.400 e. The lowest BCUT2D eigenvalue weighted by atomic mass is 9.87. The number of hydrogen-bond donors (Lipinski definition) is 1. The molecule has 0 fully saturated rings. The quantitative estimate of drug-likeness (QED) is 0.662. The van der Waals surface area contributed by atoms with E-state index < -0.39 is 9.28 Å². The smallest absolute Gasteiger partial charge is 0.323 e. The summed E-state index contributed by atoms with van der Waals surface area (Å²) in [5, 5.41) is 0. The van der Waals surface area contributed by atoms with E-state index in [9.17, 15) is 0 Å². The van der Waals surface area contributed by atoms with E-state index in [1.165, 1.54) is 0 Å². The molecule has 0 amide bonds. The van der Waals surface area contributed by atoms with Crippen molar-refractivity contribution < 1.29 is 8.85 Å². The molecule has 3 nitrogen and oxygen atoms in total. The molecule has 0 aromatic heterocycles. The van der Waals surface area contributed by atoms with Gasteiger partial charge in [0, 0.05) is 14.2 Å². The van der Waals surface area contributed by atoms with Gasteiger partial charge in [-0.15, -0.1) is 0 Å². The van der Waals surface area contributed by atoms with Crippen molar-refractivity contribution in [2.75, 3.05) is 20.8 Å². The van der Waals surface area contributed by atoms with Gasteiger partial charge in [-0.05, 0) is 30.3 Å². The van der Waals surface area contributed by atoms with Crippen molar-refractivity contribution in [1.29, 1.82) is 0 Å². The van der Waals surface area contributed by atoms with E-state index in [4.69, 9.17) is 14.6 Å². The van der Waals surface area contributed by atoms with Crippen molar-refractivity contribution in [2.45, 2.75) is 39.2 Å². The molecule has 2 N–H and O–H groups in total. The van der Waals surface area contributed by atoms with Crippen LogP contribution in [0.3, 0.4) is 0 Å². The van der Waals surface area contributed by atoms with E-state index in [2.05, 4.69) is 20.8 Å². The normalized spacial score (nSPS) is 14.8. The van der Waals surface area contributed by atoms with Crippen LogP contribution in [0.4, 0.5) is 0 Å². The van der Waals surface area contributed by atoms with Crippen molar-refractivity contribution in [1.82, 2.24) is 0 Å². The summed E-state index contributed by atoms with van der Waals surface area (Å²) < 4.78 is 10.7. The van der Waals surface area contributed by atoms with Crippen molar-refractivity contribution in [3.63, 3.8) is 0 Å². The molecule has 0 aliphatic carbocycles. The second-order valence-corrected chi connectivity index (χ2v) is 7.54.